The van der Waals surface area contributed by atoms with Gasteiger partial charge in [-0.25, -0.2) is 0 Å². The van der Waals surface area contributed by atoms with Crippen molar-refractivity contribution in [2.45, 2.75) is 24.5 Å². The van der Waals surface area contributed by atoms with Crippen molar-refractivity contribution in [3.8, 4) is 0 Å². The van der Waals surface area contributed by atoms with Crippen molar-refractivity contribution in [3.63, 3.8) is 0 Å². The van der Waals surface area contributed by atoms with Crippen molar-refractivity contribution < 1.29 is 9.47 Å². The van der Waals surface area contributed by atoms with Crippen LogP contribution < -0.4 is 5.73 Å². The lowest BCUT2D eigenvalue weighted by atomic mass is 9.85. The van der Waals surface area contributed by atoms with E-state index >= 15 is 0 Å². The molecule has 14 heavy (non-hydrogen) atoms. The fourth-order valence-corrected chi connectivity index (χ4v) is 2.38. The van der Waals surface area contributed by atoms with Crippen molar-refractivity contribution in [1.82, 2.24) is 4.90 Å². The number of hydrogen-bond donors (Lipinski definition) is 1. The van der Waals surface area contributed by atoms with Gasteiger partial charge < -0.3 is 15.2 Å². The molecule has 2 N–H and O–H groups in total. The molecule has 0 bridgehead atoms. The highest BCUT2D eigenvalue weighted by Crippen LogP contribution is 2.31. The van der Waals surface area contributed by atoms with E-state index < -0.39 is 0 Å². The van der Waals surface area contributed by atoms with Crippen LogP contribution in [0.4, 0.5) is 0 Å². The maximum atomic E-state index is 5.90. The molecule has 0 saturated carbocycles. The van der Waals surface area contributed by atoms with Gasteiger partial charge in [0.1, 0.15) is 0 Å². The van der Waals surface area contributed by atoms with Crippen LogP contribution in [0.25, 0.3) is 0 Å². The van der Waals surface area contributed by atoms with E-state index in [1.807, 2.05) is 0 Å². The molecule has 2 rings (SSSR count). The van der Waals surface area contributed by atoms with E-state index in [9.17, 15) is 0 Å². The molecule has 0 unspecified atom stereocenters. The van der Waals surface area contributed by atoms with Crippen LogP contribution in [0.15, 0.2) is 0 Å². The highest BCUT2D eigenvalue weighted by Gasteiger charge is 2.43. The molecule has 0 spiro atoms. The summed E-state index contributed by atoms with van der Waals surface area (Å²) >= 11 is 0. The molecule has 0 aliphatic carbocycles. The maximum absolute atomic E-state index is 5.90. The zero-order chi connectivity index (χ0) is 10.0. The third kappa shape index (κ3) is 1.67. The Kier molecular flexibility index (Phi) is 3.07. The lowest BCUT2D eigenvalue weighted by Gasteiger charge is -2.53. The second-order valence-electron chi connectivity index (χ2n) is 4.30. The lowest BCUT2D eigenvalue weighted by Crippen LogP contribution is -2.66. The molecule has 0 radical (unpaired) electrons. The summed E-state index contributed by atoms with van der Waals surface area (Å²) in [5.74, 6) is 0. The number of ether oxygens (including phenoxy) is 2. The molecular formula is C10H20N2O2. The van der Waals surface area contributed by atoms with Crippen LogP contribution >= 0.6 is 0 Å². The lowest BCUT2D eigenvalue weighted by molar-refractivity contribution is -0.114. The minimum absolute atomic E-state index is 0.202. The molecule has 4 heteroatoms. The standard InChI is InChI=1S/C10H20N2O2/c1-13-9-6-12(7-9)10(8-11)2-4-14-5-3-10/h9H,2-8,11H2,1H3. The third-order valence-electron chi connectivity index (χ3n) is 3.66. The number of likely N-dealkylation sites (tertiary alicyclic amines) is 1. The fourth-order valence-electron chi connectivity index (χ4n) is 2.38. The van der Waals surface area contributed by atoms with Gasteiger partial charge in [-0.1, -0.05) is 0 Å². The van der Waals surface area contributed by atoms with E-state index in [2.05, 4.69) is 4.90 Å². The zero-order valence-electron chi connectivity index (χ0n) is 8.87. The normalized spacial score (nSPS) is 28.7. The van der Waals surface area contributed by atoms with Crippen LogP contribution in [-0.4, -0.2) is 56.5 Å². The first-order chi connectivity index (χ1) is 6.80. The van der Waals surface area contributed by atoms with E-state index in [0.717, 1.165) is 45.7 Å². The molecule has 4 nitrogen and oxygen atoms in total. The fraction of sp³-hybridized carbons (Fsp3) is 1.00. The molecule has 82 valence electrons. The van der Waals surface area contributed by atoms with E-state index in [1.54, 1.807) is 7.11 Å². The summed E-state index contributed by atoms with van der Waals surface area (Å²) in [5, 5.41) is 0. The Morgan fingerprint density at radius 1 is 1.43 bits per heavy atom. The quantitative estimate of drug-likeness (QED) is 0.687. The number of methoxy groups -OCH3 is 1. The first-order valence-electron chi connectivity index (χ1n) is 5.36. The third-order valence-corrected chi connectivity index (χ3v) is 3.66. The van der Waals surface area contributed by atoms with Crippen molar-refractivity contribution in [2.24, 2.45) is 5.73 Å². The molecule has 2 aliphatic heterocycles. The monoisotopic (exact) mass is 200 g/mol. The van der Waals surface area contributed by atoms with Crippen molar-refractivity contribution in [2.75, 3.05) is 40.0 Å². The van der Waals surface area contributed by atoms with E-state index in [4.69, 9.17) is 15.2 Å². The van der Waals surface area contributed by atoms with Crippen LogP contribution in [0.1, 0.15) is 12.8 Å². The van der Waals surface area contributed by atoms with E-state index in [-0.39, 0.29) is 5.54 Å². The molecule has 2 heterocycles. The van der Waals surface area contributed by atoms with Gasteiger partial charge in [0.05, 0.1) is 6.10 Å². The van der Waals surface area contributed by atoms with Crippen LogP contribution in [0, 0.1) is 0 Å². The van der Waals surface area contributed by atoms with Crippen molar-refractivity contribution in [3.05, 3.63) is 0 Å². The Labute approximate surface area is 85.3 Å². The minimum atomic E-state index is 0.202. The van der Waals surface area contributed by atoms with Gasteiger partial charge in [-0.2, -0.15) is 0 Å². The van der Waals surface area contributed by atoms with E-state index in [0.29, 0.717) is 6.10 Å². The van der Waals surface area contributed by atoms with Gasteiger partial charge in [0.2, 0.25) is 0 Å². The van der Waals surface area contributed by atoms with E-state index in [1.165, 1.54) is 0 Å². The van der Waals surface area contributed by atoms with Gasteiger partial charge in [0.25, 0.3) is 0 Å². The number of nitrogens with two attached hydrogens (primary N) is 1. The first kappa shape index (κ1) is 10.4. The maximum Gasteiger partial charge on any atom is 0.0825 e. The summed E-state index contributed by atoms with van der Waals surface area (Å²) in [6.07, 6.45) is 2.56. The van der Waals surface area contributed by atoms with Crippen molar-refractivity contribution in [1.29, 1.82) is 0 Å². The predicted molar refractivity (Wildman–Crippen MR) is 54.2 cm³/mol. The Hall–Kier alpha value is -0.160. The summed E-state index contributed by atoms with van der Waals surface area (Å²) in [4.78, 5) is 2.46. The summed E-state index contributed by atoms with van der Waals surface area (Å²) in [7, 11) is 1.78. The Morgan fingerprint density at radius 3 is 2.57 bits per heavy atom. The largest absolute Gasteiger partial charge is 0.381 e. The summed E-state index contributed by atoms with van der Waals surface area (Å²) < 4.78 is 10.7. The van der Waals surface area contributed by atoms with Gasteiger partial charge in [0.15, 0.2) is 0 Å². The number of hydrogen-bond acceptors (Lipinski definition) is 4. The predicted octanol–water partition coefficient (Wildman–Crippen LogP) is -0.175. The molecule has 2 aliphatic rings. The molecule has 2 fully saturated rings. The molecule has 0 aromatic rings. The first-order valence-corrected chi connectivity index (χ1v) is 5.36. The average molecular weight is 200 g/mol. The minimum Gasteiger partial charge on any atom is -0.381 e. The molecule has 0 amide bonds. The van der Waals surface area contributed by atoms with Crippen LogP contribution in [0.2, 0.25) is 0 Å². The Balaban J connectivity index is 1.92. The SMILES string of the molecule is COC1CN(C2(CN)CCOCC2)C1. The molecule has 0 aromatic carbocycles. The second kappa shape index (κ2) is 4.14. The molecule has 2 saturated heterocycles. The van der Waals surface area contributed by atoms with Gasteiger partial charge >= 0.3 is 0 Å². The molecule has 0 atom stereocenters. The topological polar surface area (TPSA) is 47.7 Å². The van der Waals surface area contributed by atoms with Gasteiger partial charge in [-0.15, -0.1) is 0 Å². The summed E-state index contributed by atoms with van der Waals surface area (Å²) in [6, 6.07) is 0. The molecular weight excluding hydrogens is 180 g/mol. The smallest absolute Gasteiger partial charge is 0.0825 e. The Morgan fingerprint density at radius 2 is 2.07 bits per heavy atom. The van der Waals surface area contributed by atoms with Crippen LogP contribution in [-0.2, 0) is 9.47 Å². The highest BCUT2D eigenvalue weighted by molar-refractivity contribution is 4.99. The summed E-state index contributed by atoms with van der Waals surface area (Å²) in [6.45, 7) is 4.52. The highest BCUT2D eigenvalue weighted by atomic mass is 16.5. The van der Waals surface area contributed by atoms with Gasteiger partial charge in [-0.3, -0.25) is 4.90 Å². The van der Waals surface area contributed by atoms with Crippen LogP contribution in [0.5, 0.6) is 0 Å². The number of rotatable bonds is 3. The number of nitrogens with zero attached hydrogens (tertiary/aromatic N) is 1. The average Bonchev–Trinajstić information content (AvgIpc) is 2.18. The Bertz CT molecular complexity index is 187. The second-order valence-corrected chi connectivity index (χ2v) is 4.30. The van der Waals surface area contributed by atoms with Crippen molar-refractivity contribution >= 4 is 0 Å². The van der Waals surface area contributed by atoms with Gasteiger partial charge in [-0.05, 0) is 12.8 Å². The molecule has 0 aromatic heterocycles. The summed E-state index contributed by atoms with van der Waals surface area (Å²) in [5.41, 5.74) is 6.10. The van der Waals surface area contributed by atoms with Gasteiger partial charge in [0, 0.05) is 45.5 Å². The zero-order valence-corrected chi connectivity index (χ0v) is 8.87. The van der Waals surface area contributed by atoms with Crippen LogP contribution in [0.3, 0.4) is 0 Å².